The van der Waals surface area contributed by atoms with Gasteiger partial charge in [0.15, 0.2) is 5.65 Å². The second-order valence-corrected chi connectivity index (χ2v) is 12.5. The van der Waals surface area contributed by atoms with Crippen LogP contribution in [0.2, 0.25) is 0 Å². The Morgan fingerprint density at radius 2 is 1.82 bits per heavy atom. The van der Waals surface area contributed by atoms with Crippen molar-refractivity contribution < 1.29 is 22.8 Å². The normalized spacial score (nSPS) is 13.8. The zero-order valence-electron chi connectivity index (χ0n) is 20.2. The van der Waals surface area contributed by atoms with Crippen LogP contribution in [0.4, 0.5) is 19.0 Å². The number of fused-ring (bicyclic) bond motifs is 1. The van der Waals surface area contributed by atoms with Crippen LogP contribution in [0.3, 0.4) is 0 Å². The van der Waals surface area contributed by atoms with Gasteiger partial charge in [0.05, 0.1) is 17.0 Å². The summed E-state index contributed by atoms with van der Waals surface area (Å²) >= 11 is 0. The number of nitrogens with one attached hydrogen (secondary N) is 1. The van der Waals surface area contributed by atoms with Crippen molar-refractivity contribution in [1.29, 1.82) is 0 Å². The lowest BCUT2D eigenvalue weighted by Gasteiger charge is -2.30. The summed E-state index contributed by atoms with van der Waals surface area (Å²) < 4.78 is 57.9. The SMILES string of the molecule is CCP(=O)(CC)c1cnc2nc(C)nc(NC(C)c3cccc(C(F)(F)C(C)(C)O)c3F)c2c1. The largest absolute Gasteiger partial charge is 0.384 e. The standard InChI is InChI=1S/C24H30F3N4O2P/c1-7-34(33,8-2)16-12-18-21(28-13-16)30-15(4)31-22(18)29-14(3)17-10-9-11-19(20(17)25)24(26,27)23(5,6)32/h9-14,32H,7-8H2,1-6H3,(H,28,29,30,31). The lowest BCUT2D eigenvalue weighted by atomic mass is 9.91. The van der Waals surface area contributed by atoms with E-state index in [1.165, 1.54) is 12.1 Å². The van der Waals surface area contributed by atoms with E-state index in [1.54, 1.807) is 26.1 Å². The molecule has 0 aliphatic rings. The first-order chi connectivity index (χ1) is 15.7. The quantitative estimate of drug-likeness (QED) is 0.400. The van der Waals surface area contributed by atoms with E-state index in [4.69, 9.17) is 0 Å². The topological polar surface area (TPSA) is 88.0 Å². The van der Waals surface area contributed by atoms with Crippen LogP contribution >= 0.6 is 7.14 Å². The maximum Gasteiger partial charge on any atom is 0.303 e. The molecule has 0 saturated heterocycles. The molecule has 34 heavy (non-hydrogen) atoms. The summed E-state index contributed by atoms with van der Waals surface area (Å²) in [5, 5.41) is 14.1. The molecule has 3 rings (SSSR count). The number of anilines is 1. The van der Waals surface area contributed by atoms with Gasteiger partial charge in [-0.1, -0.05) is 26.0 Å². The van der Waals surface area contributed by atoms with E-state index in [9.17, 15) is 18.5 Å². The molecule has 0 radical (unpaired) electrons. The lowest BCUT2D eigenvalue weighted by Crippen LogP contribution is -2.41. The Morgan fingerprint density at radius 3 is 2.41 bits per heavy atom. The highest BCUT2D eigenvalue weighted by atomic mass is 31.2. The molecule has 6 nitrogen and oxygen atoms in total. The molecule has 0 amide bonds. The number of halogens is 3. The van der Waals surface area contributed by atoms with Crippen molar-refractivity contribution in [3.8, 4) is 0 Å². The van der Waals surface area contributed by atoms with Gasteiger partial charge in [0.1, 0.15) is 30.2 Å². The van der Waals surface area contributed by atoms with Crippen LogP contribution in [0, 0.1) is 12.7 Å². The van der Waals surface area contributed by atoms with Crippen LogP contribution in [0.15, 0.2) is 30.5 Å². The minimum atomic E-state index is -3.80. The van der Waals surface area contributed by atoms with Gasteiger partial charge in [-0.05, 0) is 39.8 Å². The first kappa shape index (κ1) is 26.1. The van der Waals surface area contributed by atoms with Gasteiger partial charge in [-0.15, -0.1) is 0 Å². The molecule has 2 aromatic heterocycles. The minimum Gasteiger partial charge on any atom is -0.384 e. The molecule has 0 saturated carbocycles. The molecule has 0 fully saturated rings. The Balaban J connectivity index is 2.08. The maximum atomic E-state index is 15.2. The molecular weight excluding hydrogens is 464 g/mol. The molecule has 2 N–H and O–H groups in total. The number of nitrogens with zero attached hydrogens (tertiary/aromatic N) is 3. The molecular formula is C24H30F3N4O2P. The van der Waals surface area contributed by atoms with Gasteiger partial charge in [-0.2, -0.15) is 8.78 Å². The fraction of sp³-hybridized carbons (Fsp3) is 0.458. The minimum absolute atomic E-state index is 0.0113. The van der Waals surface area contributed by atoms with E-state index < -0.39 is 36.1 Å². The van der Waals surface area contributed by atoms with E-state index in [2.05, 4.69) is 20.3 Å². The van der Waals surface area contributed by atoms with Crippen molar-refractivity contribution in [2.45, 2.75) is 59.1 Å². The Hall–Kier alpha value is -2.51. The van der Waals surface area contributed by atoms with Gasteiger partial charge in [-0.3, -0.25) is 0 Å². The number of hydrogen-bond acceptors (Lipinski definition) is 6. The fourth-order valence-corrected chi connectivity index (χ4v) is 5.58. The molecule has 1 atom stereocenters. The van der Waals surface area contributed by atoms with Crippen molar-refractivity contribution in [2.24, 2.45) is 0 Å². The van der Waals surface area contributed by atoms with Gasteiger partial charge in [0.25, 0.3) is 0 Å². The number of rotatable bonds is 8. The summed E-state index contributed by atoms with van der Waals surface area (Å²) in [6.07, 6.45) is 2.53. The molecule has 0 bridgehead atoms. The molecule has 3 aromatic rings. The summed E-state index contributed by atoms with van der Waals surface area (Å²) in [5.41, 5.74) is -2.96. The second-order valence-electron chi connectivity index (χ2n) is 8.91. The molecule has 0 aliphatic carbocycles. The van der Waals surface area contributed by atoms with Crippen LogP contribution in [0.5, 0.6) is 0 Å². The van der Waals surface area contributed by atoms with Crippen LogP contribution in [-0.4, -0.2) is 38.0 Å². The van der Waals surface area contributed by atoms with E-state index in [0.29, 0.717) is 40.3 Å². The second kappa shape index (κ2) is 9.27. The number of aromatic nitrogens is 3. The van der Waals surface area contributed by atoms with Gasteiger partial charge < -0.3 is 15.0 Å². The van der Waals surface area contributed by atoms with Crippen molar-refractivity contribution >= 4 is 29.3 Å². The number of hydrogen-bond donors (Lipinski definition) is 2. The molecule has 1 aromatic carbocycles. The highest BCUT2D eigenvalue weighted by Crippen LogP contribution is 2.44. The number of benzene rings is 1. The van der Waals surface area contributed by atoms with E-state index in [1.807, 2.05) is 13.8 Å². The summed E-state index contributed by atoms with van der Waals surface area (Å²) in [4.78, 5) is 13.1. The maximum absolute atomic E-state index is 15.2. The van der Waals surface area contributed by atoms with Crippen LogP contribution < -0.4 is 10.6 Å². The average molecular weight is 494 g/mol. The van der Waals surface area contributed by atoms with Gasteiger partial charge in [0, 0.05) is 29.4 Å². The monoisotopic (exact) mass is 494 g/mol. The van der Waals surface area contributed by atoms with Crippen molar-refractivity contribution in [1.82, 2.24) is 15.0 Å². The van der Waals surface area contributed by atoms with Gasteiger partial charge in [-0.25, -0.2) is 19.3 Å². The van der Waals surface area contributed by atoms with Crippen LogP contribution in [0.25, 0.3) is 11.0 Å². The third-order valence-corrected chi connectivity index (χ3v) is 9.32. The first-order valence-corrected chi connectivity index (χ1v) is 13.2. The predicted octanol–water partition coefficient (Wildman–Crippen LogP) is 5.54. The van der Waals surface area contributed by atoms with Gasteiger partial charge >= 0.3 is 5.92 Å². The first-order valence-electron chi connectivity index (χ1n) is 11.1. The summed E-state index contributed by atoms with van der Waals surface area (Å²) in [7, 11) is -2.62. The van der Waals surface area contributed by atoms with Crippen LogP contribution in [-0.2, 0) is 10.5 Å². The Bertz CT molecular complexity index is 1250. The third-order valence-electron chi connectivity index (χ3n) is 6.10. The third kappa shape index (κ3) is 4.68. The summed E-state index contributed by atoms with van der Waals surface area (Å²) in [5.74, 6) is -4.16. The number of pyridine rings is 1. The smallest absolute Gasteiger partial charge is 0.303 e. The predicted molar refractivity (Wildman–Crippen MR) is 129 cm³/mol. The highest BCUT2D eigenvalue weighted by molar-refractivity contribution is 7.71. The average Bonchev–Trinajstić information content (AvgIpc) is 2.77. The zero-order chi connectivity index (χ0) is 25.5. The van der Waals surface area contributed by atoms with E-state index in [-0.39, 0.29) is 5.56 Å². The highest BCUT2D eigenvalue weighted by Gasteiger charge is 2.49. The van der Waals surface area contributed by atoms with Crippen LogP contribution in [0.1, 0.15) is 57.6 Å². The van der Waals surface area contributed by atoms with E-state index >= 15 is 4.39 Å². The summed E-state index contributed by atoms with van der Waals surface area (Å²) in [6, 6.07) is 4.67. The zero-order valence-corrected chi connectivity index (χ0v) is 21.1. The number of aryl methyl sites for hydroxylation is 1. The molecule has 0 aliphatic heterocycles. The van der Waals surface area contributed by atoms with Crippen molar-refractivity contribution in [2.75, 3.05) is 17.6 Å². The molecule has 184 valence electrons. The molecule has 0 spiro atoms. The Morgan fingerprint density at radius 1 is 1.18 bits per heavy atom. The number of aliphatic hydroxyl groups is 1. The van der Waals surface area contributed by atoms with Crippen molar-refractivity contribution in [3.05, 3.63) is 53.2 Å². The lowest BCUT2D eigenvalue weighted by molar-refractivity contribution is -0.170. The Labute approximate surface area is 197 Å². The van der Waals surface area contributed by atoms with Crippen molar-refractivity contribution in [3.63, 3.8) is 0 Å². The van der Waals surface area contributed by atoms with Gasteiger partial charge in [0.2, 0.25) is 0 Å². The summed E-state index contributed by atoms with van der Waals surface area (Å²) in [6.45, 7) is 8.90. The van der Waals surface area contributed by atoms with E-state index in [0.717, 1.165) is 19.9 Å². The molecule has 2 heterocycles. The Kier molecular flexibility index (Phi) is 7.11. The number of alkyl halides is 2. The fourth-order valence-electron chi connectivity index (χ4n) is 3.77. The molecule has 10 heteroatoms. The molecule has 1 unspecified atom stereocenters.